The van der Waals surface area contributed by atoms with Gasteiger partial charge in [-0.25, -0.2) is 4.79 Å². The number of alkyl carbamates (subject to hydrolysis) is 1. The molecule has 2 N–H and O–H groups in total. The van der Waals surface area contributed by atoms with Crippen LogP contribution in [0.25, 0.3) is 0 Å². The number of nitrogens with one attached hydrogen (secondary N) is 2. The van der Waals surface area contributed by atoms with Crippen LogP contribution in [0.1, 0.15) is 26.3 Å². The molecule has 1 amide bonds. The Balaban J connectivity index is 2.41. The molecule has 0 radical (unpaired) electrons. The molecular weight excluding hydrogens is 358 g/mol. The lowest BCUT2D eigenvalue weighted by Crippen LogP contribution is -2.43. The monoisotopic (exact) mass is 386 g/mol. The number of guanidine groups is 1. The lowest BCUT2D eigenvalue weighted by Gasteiger charge is -2.23. The van der Waals surface area contributed by atoms with E-state index in [2.05, 4.69) is 20.4 Å². The first-order chi connectivity index (χ1) is 12.6. The molecule has 9 heteroatoms. The van der Waals surface area contributed by atoms with Crippen LogP contribution in [0.2, 0.25) is 0 Å². The van der Waals surface area contributed by atoms with Crippen molar-refractivity contribution in [2.75, 3.05) is 27.2 Å². The number of alkyl halides is 2. The van der Waals surface area contributed by atoms with Gasteiger partial charge in [0.25, 0.3) is 0 Å². The van der Waals surface area contributed by atoms with Crippen molar-refractivity contribution in [2.45, 2.75) is 39.5 Å². The van der Waals surface area contributed by atoms with Crippen LogP contribution in [-0.2, 0) is 11.3 Å². The van der Waals surface area contributed by atoms with E-state index >= 15 is 0 Å². The number of hydrogen-bond acceptors (Lipinski definition) is 4. The van der Waals surface area contributed by atoms with Gasteiger partial charge in [0.05, 0.1) is 0 Å². The van der Waals surface area contributed by atoms with Gasteiger partial charge in [0.2, 0.25) is 0 Å². The zero-order chi connectivity index (χ0) is 20.4. The molecule has 0 aliphatic heterocycles. The molecule has 0 aromatic heterocycles. The molecule has 1 aromatic rings. The molecule has 0 saturated heterocycles. The van der Waals surface area contributed by atoms with Crippen LogP contribution in [0.15, 0.2) is 29.3 Å². The van der Waals surface area contributed by atoms with Crippen LogP contribution in [0.5, 0.6) is 5.75 Å². The molecule has 27 heavy (non-hydrogen) atoms. The summed E-state index contributed by atoms with van der Waals surface area (Å²) < 4.78 is 33.8. The lowest BCUT2D eigenvalue weighted by atomic mass is 10.2. The van der Waals surface area contributed by atoms with Crippen molar-refractivity contribution in [1.82, 2.24) is 15.5 Å². The fourth-order valence-corrected chi connectivity index (χ4v) is 2.16. The van der Waals surface area contributed by atoms with Crippen molar-refractivity contribution >= 4 is 12.1 Å². The highest BCUT2D eigenvalue weighted by Crippen LogP contribution is 2.15. The van der Waals surface area contributed by atoms with E-state index in [9.17, 15) is 13.6 Å². The molecule has 7 nitrogen and oxygen atoms in total. The second-order valence-corrected chi connectivity index (χ2v) is 6.78. The number of halogens is 2. The number of carbonyl (C=O) groups is 1. The second-order valence-electron chi connectivity index (χ2n) is 6.78. The molecule has 0 aliphatic rings. The van der Waals surface area contributed by atoms with Crippen molar-refractivity contribution in [2.24, 2.45) is 4.99 Å². The first-order valence-electron chi connectivity index (χ1n) is 8.53. The van der Waals surface area contributed by atoms with Gasteiger partial charge in [-0.15, -0.1) is 0 Å². The molecular formula is C18H28F2N4O3. The van der Waals surface area contributed by atoms with Gasteiger partial charge in [-0.1, -0.05) is 12.1 Å². The van der Waals surface area contributed by atoms with Gasteiger partial charge < -0.3 is 25.0 Å². The van der Waals surface area contributed by atoms with E-state index in [4.69, 9.17) is 4.74 Å². The van der Waals surface area contributed by atoms with E-state index in [0.717, 1.165) is 5.56 Å². The Morgan fingerprint density at radius 1 is 1.19 bits per heavy atom. The van der Waals surface area contributed by atoms with Gasteiger partial charge in [0.1, 0.15) is 11.4 Å². The largest absolute Gasteiger partial charge is 0.444 e. The lowest BCUT2D eigenvalue weighted by molar-refractivity contribution is -0.0498. The van der Waals surface area contributed by atoms with Gasteiger partial charge in [0, 0.05) is 33.7 Å². The van der Waals surface area contributed by atoms with Gasteiger partial charge in [-0.05, 0) is 38.5 Å². The van der Waals surface area contributed by atoms with Crippen LogP contribution >= 0.6 is 0 Å². The Kier molecular flexibility index (Phi) is 8.77. The molecule has 1 rings (SSSR count). The van der Waals surface area contributed by atoms with Gasteiger partial charge in [-0.2, -0.15) is 8.78 Å². The van der Waals surface area contributed by atoms with Gasteiger partial charge >= 0.3 is 12.7 Å². The molecule has 152 valence electrons. The zero-order valence-electron chi connectivity index (χ0n) is 16.4. The minimum atomic E-state index is -2.84. The third kappa shape index (κ3) is 9.62. The summed E-state index contributed by atoms with van der Waals surface area (Å²) in [4.78, 5) is 17.6. The van der Waals surface area contributed by atoms with Crippen LogP contribution in [0.4, 0.5) is 13.6 Å². The average Bonchev–Trinajstić information content (AvgIpc) is 2.54. The van der Waals surface area contributed by atoms with Crippen molar-refractivity contribution in [1.29, 1.82) is 0 Å². The van der Waals surface area contributed by atoms with Crippen LogP contribution in [0, 0.1) is 0 Å². The molecule has 0 heterocycles. The van der Waals surface area contributed by atoms with Crippen LogP contribution in [0.3, 0.4) is 0 Å². The topological polar surface area (TPSA) is 75.2 Å². The molecule has 0 unspecified atom stereocenters. The van der Waals surface area contributed by atoms with Gasteiger partial charge in [0.15, 0.2) is 5.96 Å². The molecule has 0 atom stereocenters. The molecule has 0 bridgehead atoms. The normalized spacial score (nSPS) is 11.9. The highest BCUT2D eigenvalue weighted by molar-refractivity contribution is 5.79. The number of ether oxygens (including phenoxy) is 2. The Hall–Kier alpha value is -2.58. The predicted molar refractivity (Wildman–Crippen MR) is 100 cm³/mol. The maximum absolute atomic E-state index is 12.2. The van der Waals surface area contributed by atoms with Gasteiger partial charge in [-0.3, -0.25) is 4.99 Å². The summed E-state index contributed by atoms with van der Waals surface area (Å²) in [5.41, 5.74) is 0.373. The number of rotatable bonds is 7. The van der Waals surface area contributed by atoms with Crippen molar-refractivity contribution in [3.05, 3.63) is 29.8 Å². The summed E-state index contributed by atoms with van der Waals surface area (Å²) in [6.07, 6.45) is -0.473. The molecule has 0 aliphatic carbocycles. The molecule has 0 spiro atoms. The second kappa shape index (κ2) is 10.5. The number of carbonyl (C=O) groups excluding carboxylic acids is 1. The molecule has 1 aromatic carbocycles. The van der Waals surface area contributed by atoms with Crippen molar-refractivity contribution in [3.8, 4) is 5.75 Å². The smallest absolute Gasteiger partial charge is 0.407 e. The number of aliphatic imine (C=N–C) groups is 1. The first-order valence-corrected chi connectivity index (χ1v) is 8.53. The summed E-state index contributed by atoms with van der Waals surface area (Å²) in [6.45, 7) is 3.93. The molecule has 0 saturated carbocycles. The summed E-state index contributed by atoms with van der Waals surface area (Å²) in [5.74, 6) is 0.751. The third-order valence-corrected chi connectivity index (χ3v) is 3.22. The molecule has 0 fully saturated rings. The average molecular weight is 386 g/mol. The van der Waals surface area contributed by atoms with Crippen molar-refractivity contribution < 1.29 is 23.0 Å². The minimum Gasteiger partial charge on any atom is -0.444 e. The SMILES string of the molecule is CN=C(NCCNC(=O)OC(C)(C)C)N(C)Cc1ccc(OC(F)F)cc1. The Bertz CT molecular complexity index is 616. The van der Waals surface area contributed by atoms with E-state index in [1.54, 1.807) is 40.0 Å². The fraction of sp³-hybridized carbons (Fsp3) is 0.556. The van der Waals surface area contributed by atoms with E-state index in [1.807, 2.05) is 11.9 Å². The number of amides is 1. The summed E-state index contributed by atoms with van der Waals surface area (Å²) >= 11 is 0. The predicted octanol–water partition coefficient (Wildman–Crippen LogP) is 2.82. The Labute approximate surface area is 158 Å². The summed E-state index contributed by atoms with van der Waals surface area (Å²) in [5, 5.41) is 5.78. The number of benzene rings is 1. The summed E-state index contributed by atoms with van der Waals surface area (Å²) in [7, 11) is 3.50. The third-order valence-electron chi connectivity index (χ3n) is 3.22. The Morgan fingerprint density at radius 3 is 2.30 bits per heavy atom. The fourth-order valence-electron chi connectivity index (χ4n) is 2.16. The highest BCUT2D eigenvalue weighted by Gasteiger charge is 2.15. The maximum Gasteiger partial charge on any atom is 0.407 e. The van der Waals surface area contributed by atoms with Crippen LogP contribution in [-0.4, -0.2) is 56.4 Å². The Morgan fingerprint density at radius 2 is 1.78 bits per heavy atom. The number of nitrogens with zero attached hydrogens (tertiary/aromatic N) is 2. The van der Waals surface area contributed by atoms with Crippen molar-refractivity contribution in [3.63, 3.8) is 0 Å². The summed E-state index contributed by atoms with van der Waals surface area (Å²) in [6, 6.07) is 6.42. The van der Waals surface area contributed by atoms with E-state index in [0.29, 0.717) is 25.6 Å². The van der Waals surface area contributed by atoms with Crippen LogP contribution < -0.4 is 15.4 Å². The van der Waals surface area contributed by atoms with E-state index in [1.165, 1.54) is 12.1 Å². The van der Waals surface area contributed by atoms with E-state index < -0.39 is 18.3 Å². The standard InChI is InChI=1S/C18H28F2N4O3/c1-18(2,3)27-17(25)23-11-10-22-16(21-4)24(5)12-13-6-8-14(9-7-13)26-15(19)20/h6-9,15H,10-12H2,1-5H3,(H,21,22)(H,23,25). The zero-order valence-corrected chi connectivity index (χ0v) is 16.4. The number of hydrogen-bond donors (Lipinski definition) is 2. The quantitative estimate of drug-likeness (QED) is 0.428. The minimum absolute atomic E-state index is 0.118. The van der Waals surface area contributed by atoms with E-state index in [-0.39, 0.29) is 5.75 Å². The maximum atomic E-state index is 12.2. The highest BCUT2D eigenvalue weighted by atomic mass is 19.3. The first kappa shape index (κ1) is 22.5.